The quantitative estimate of drug-likeness (QED) is 0.823. The largest absolute Gasteiger partial charge is 0.381 e. The summed E-state index contributed by atoms with van der Waals surface area (Å²) in [6.07, 6.45) is 0.890. The van der Waals surface area contributed by atoms with Gasteiger partial charge in [-0.2, -0.15) is 5.26 Å². The molecule has 0 fully saturated rings. The molecule has 2 aromatic rings. The standard InChI is InChI=1S/C19H20N2/c1-15(14-20)16(2)21-19(18-11-7-4-8-12-18)13-17-9-5-3-6-10-17/h3-12,19,21H,13H2,1-2H3/b16-15+. The summed E-state index contributed by atoms with van der Waals surface area (Å²) >= 11 is 0. The van der Waals surface area contributed by atoms with Crippen LogP contribution in [-0.2, 0) is 6.42 Å². The molecule has 0 heterocycles. The monoisotopic (exact) mass is 276 g/mol. The first-order valence-electron chi connectivity index (χ1n) is 7.13. The summed E-state index contributed by atoms with van der Waals surface area (Å²) in [5.41, 5.74) is 4.17. The van der Waals surface area contributed by atoms with Crippen LogP contribution in [-0.4, -0.2) is 0 Å². The molecule has 1 N–H and O–H groups in total. The second kappa shape index (κ2) is 7.31. The Bertz CT molecular complexity index is 636. The van der Waals surface area contributed by atoms with Crippen molar-refractivity contribution in [3.05, 3.63) is 83.1 Å². The summed E-state index contributed by atoms with van der Waals surface area (Å²) in [6, 6.07) is 23.1. The van der Waals surface area contributed by atoms with Gasteiger partial charge in [0.2, 0.25) is 0 Å². The predicted molar refractivity (Wildman–Crippen MR) is 86.5 cm³/mol. The lowest BCUT2D eigenvalue weighted by Gasteiger charge is -2.21. The molecule has 0 aliphatic heterocycles. The zero-order valence-corrected chi connectivity index (χ0v) is 12.5. The maximum Gasteiger partial charge on any atom is 0.0962 e. The lowest BCUT2D eigenvalue weighted by atomic mass is 9.98. The van der Waals surface area contributed by atoms with Gasteiger partial charge in [-0.05, 0) is 31.4 Å². The summed E-state index contributed by atoms with van der Waals surface area (Å²) in [4.78, 5) is 0. The molecule has 0 bridgehead atoms. The van der Waals surface area contributed by atoms with E-state index >= 15 is 0 Å². The zero-order chi connectivity index (χ0) is 15.1. The van der Waals surface area contributed by atoms with E-state index in [-0.39, 0.29) is 6.04 Å². The summed E-state index contributed by atoms with van der Waals surface area (Å²) in [5.74, 6) is 0. The summed E-state index contributed by atoms with van der Waals surface area (Å²) < 4.78 is 0. The fourth-order valence-electron chi connectivity index (χ4n) is 2.24. The van der Waals surface area contributed by atoms with Crippen molar-refractivity contribution >= 4 is 0 Å². The Balaban J connectivity index is 2.26. The molecule has 0 aliphatic carbocycles. The van der Waals surface area contributed by atoms with Gasteiger partial charge in [-0.1, -0.05) is 60.7 Å². The first kappa shape index (κ1) is 14.9. The van der Waals surface area contributed by atoms with Crippen molar-refractivity contribution in [2.75, 3.05) is 0 Å². The smallest absolute Gasteiger partial charge is 0.0962 e. The molecule has 2 aromatic carbocycles. The van der Waals surface area contributed by atoms with E-state index in [0.29, 0.717) is 0 Å². The van der Waals surface area contributed by atoms with E-state index < -0.39 is 0 Å². The number of nitrogens with one attached hydrogen (secondary N) is 1. The highest BCUT2D eigenvalue weighted by Gasteiger charge is 2.12. The molecule has 2 heteroatoms. The van der Waals surface area contributed by atoms with Crippen molar-refractivity contribution in [2.45, 2.75) is 26.3 Å². The van der Waals surface area contributed by atoms with Gasteiger partial charge in [-0.25, -0.2) is 0 Å². The molecule has 2 nitrogen and oxygen atoms in total. The summed E-state index contributed by atoms with van der Waals surface area (Å²) in [7, 11) is 0. The minimum Gasteiger partial charge on any atom is -0.381 e. The van der Waals surface area contributed by atoms with Gasteiger partial charge in [0, 0.05) is 11.3 Å². The van der Waals surface area contributed by atoms with Gasteiger partial charge in [-0.15, -0.1) is 0 Å². The normalized spacial score (nSPS) is 13.0. The van der Waals surface area contributed by atoms with Crippen molar-refractivity contribution in [1.82, 2.24) is 5.32 Å². The number of benzene rings is 2. The van der Waals surface area contributed by atoms with Crippen LogP contribution in [0.1, 0.15) is 31.0 Å². The van der Waals surface area contributed by atoms with E-state index in [0.717, 1.165) is 17.7 Å². The van der Waals surface area contributed by atoms with Gasteiger partial charge in [0.15, 0.2) is 0 Å². The van der Waals surface area contributed by atoms with Crippen LogP contribution in [0.15, 0.2) is 71.9 Å². The first-order valence-corrected chi connectivity index (χ1v) is 7.13. The molecule has 0 amide bonds. The van der Waals surface area contributed by atoms with Gasteiger partial charge < -0.3 is 5.32 Å². The zero-order valence-electron chi connectivity index (χ0n) is 12.5. The Kier molecular flexibility index (Phi) is 5.17. The highest BCUT2D eigenvalue weighted by Crippen LogP contribution is 2.20. The van der Waals surface area contributed by atoms with E-state index in [1.165, 1.54) is 11.1 Å². The molecular weight excluding hydrogens is 256 g/mol. The maximum absolute atomic E-state index is 9.03. The Morgan fingerprint density at radius 2 is 1.57 bits per heavy atom. The predicted octanol–water partition coefficient (Wildman–Crippen LogP) is 4.38. The third kappa shape index (κ3) is 4.22. The van der Waals surface area contributed by atoms with Crippen LogP contribution in [0, 0.1) is 11.3 Å². The molecule has 2 rings (SSSR count). The van der Waals surface area contributed by atoms with Gasteiger partial charge in [-0.3, -0.25) is 0 Å². The molecule has 106 valence electrons. The summed E-state index contributed by atoms with van der Waals surface area (Å²) in [5, 5.41) is 12.5. The van der Waals surface area contributed by atoms with Crippen molar-refractivity contribution in [2.24, 2.45) is 0 Å². The van der Waals surface area contributed by atoms with Crippen molar-refractivity contribution < 1.29 is 0 Å². The molecule has 0 aromatic heterocycles. The highest BCUT2D eigenvalue weighted by molar-refractivity contribution is 5.28. The van der Waals surface area contributed by atoms with Crippen LogP contribution in [0.4, 0.5) is 0 Å². The average Bonchev–Trinajstić information content (AvgIpc) is 2.55. The Morgan fingerprint density at radius 1 is 1.00 bits per heavy atom. The SMILES string of the molecule is C/C(C#N)=C(/C)NC(Cc1ccccc1)c1ccccc1. The Morgan fingerprint density at radius 3 is 2.14 bits per heavy atom. The minimum atomic E-state index is 0.164. The van der Waals surface area contributed by atoms with E-state index in [4.69, 9.17) is 5.26 Å². The number of nitriles is 1. The van der Waals surface area contributed by atoms with E-state index in [1.807, 2.05) is 38.1 Å². The number of allylic oxidation sites excluding steroid dienone is 2. The second-order valence-corrected chi connectivity index (χ2v) is 5.16. The number of rotatable bonds is 5. The van der Waals surface area contributed by atoms with E-state index in [2.05, 4.69) is 47.8 Å². The first-order chi connectivity index (χ1) is 10.2. The molecule has 21 heavy (non-hydrogen) atoms. The molecule has 0 spiro atoms. The number of hydrogen-bond acceptors (Lipinski definition) is 2. The maximum atomic E-state index is 9.03. The van der Waals surface area contributed by atoms with E-state index in [9.17, 15) is 0 Å². The lowest BCUT2D eigenvalue weighted by molar-refractivity contribution is 0.592. The molecule has 1 atom stereocenters. The number of hydrogen-bond donors (Lipinski definition) is 1. The summed E-state index contributed by atoms with van der Waals surface area (Å²) in [6.45, 7) is 3.80. The highest BCUT2D eigenvalue weighted by atomic mass is 14.9. The van der Waals surface area contributed by atoms with Crippen molar-refractivity contribution in [3.8, 4) is 6.07 Å². The van der Waals surface area contributed by atoms with Crippen LogP contribution in [0.25, 0.3) is 0 Å². The van der Waals surface area contributed by atoms with Crippen LogP contribution >= 0.6 is 0 Å². The van der Waals surface area contributed by atoms with Crippen LogP contribution in [0.2, 0.25) is 0 Å². The van der Waals surface area contributed by atoms with Crippen LogP contribution < -0.4 is 5.32 Å². The van der Waals surface area contributed by atoms with Crippen molar-refractivity contribution in [3.63, 3.8) is 0 Å². The molecule has 0 radical (unpaired) electrons. The fourth-order valence-corrected chi connectivity index (χ4v) is 2.24. The lowest BCUT2D eigenvalue weighted by Crippen LogP contribution is -2.22. The molecule has 0 aliphatic rings. The molecular formula is C19H20N2. The Labute approximate surface area is 126 Å². The topological polar surface area (TPSA) is 35.8 Å². The third-order valence-electron chi connectivity index (χ3n) is 3.61. The fraction of sp³-hybridized carbons (Fsp3) is 0.211. The van der Waals surface area contributed by atoms with Gasteiger partial charge in [0.1, 0.15) is 0 Å². The minimum absolute atomic E-state index is 0.164. The molecule has 0 saturated carbocycles. The van der Waals surface area contributed by atoms with Crippen LogP contribution in [0.5, 0.6) is 0 Å². The van der Waals surface area contributed by atoms with Gasteiger partial charge in [0.05, 0.1) is 12.1 Å². The van der Waals surface area contributed by atoms with E-state index in [1.54, 1.807) is 0 Å². The van der Waals surface area contributed by atoms with Crippen molar-refractivity contribution in [1.29, 1.82) is 5.26 Å². The number of nitrogens with zero attached hydrogens (tertiary/aromatic N) is 1. The second-order valence-electron chi connectivity index (χ2n) is 5.16. The Hall–Kier alpha value is -2.53. The molecule has 1 unspecified atom stereocenters. The van der Waals surface area contributed by atoms with Crippen LogP contribution in [0.3, 0.4) is 0 Å². The van der Waals surface area contributed by atoms with Gasteiger partial charge >= 0.3 is 0 Å². The van der Waals surface area contributed by atoms with Gasteiger partial charge in [0.25, 0.3) is 0 Å². The third-order valence-corrected chi connectivity index (χ3v) is 3.61. The molecule has 0 saturated heterocycles. The average molecular weight is 276 g/mol.